The molecule has 0 spiro atoms. The number of hydrogen-bond acceptors (Lipinski definition) is 6. The van der Waals surface area contributed by atoms with E-state index in [-0.39, 0.29) is 17.3 Å². The van der Waals surface area contributed by atoms with E-state index in [1.54, 1.807) is 4.90 Å². The van der Waals surface area contributed by atoms with Gasteiger partial charge in [-0.25, -0.2) is 4.79 Å². The zero-order valence-corrected chi connectivity index (χ0v) is 13.0. The van der Waals surface area contributed by atoms with E-state index in [0.717, 1.165) is 18.0 Å². The molecule has 1 atom stereocenters. The minimum Gasteiger partial charge on any atom is -0.467 e. The van der Waals surface area contributed by atoms with E-state index in [4.69, 9.17) is 4.74 Å². The molecule has 0 aromatic carbocycles. The van der Waals surface area contributed by atoms with E-state index in [0.29, 0.717) is 23.5 Å². The highest BCUT2D eigenvalue weighted by molar-refractivity contribution is 7.08. The van der Waals surface area contributed by atoms with E-state index in [1.165, 1.54) is 7.11 Å². The number of hydrogen-bond donors (Lipinski definition) is 0. The normalized spacial score (nSPS) is 19.2. The first kappa shape index (κ1) is 14.9. The van der Waals surface area contributed by atoms with Crippen molar-refractivity contribution in [3.8, 4) is 0 Å². The fraction of sp³-hybridized carbons (Fsp3) is 0.692. The average molecular weight is 297 g/mol. The first-order chi connectivity index (χ1) is 9.36. The van der Waals surface area contributed by atoms with Crippen LogP contribution in [0, 0.1) is 0 Å². The molecule has 1 unspecified atom stereocenters. The molecule has 2 rings (SSSR count). The molecule has 1 aliphatic rings. The molecule has 1 aliphatic heterocycles. The molecule has 110 valence electrons. The van der Waals surface area contributed by atoms with E-state index in [1.807, 2.05) is 20.8 Å². The maximum atomic E-state index is 12.7. The van der Waals surface area contributed by atoms with Gasteiger partial charge in [-0.15, -0.1) is 5.10 Å². The predicted molar refractivity (Wildman–Crippen MR) is 74.7 cm³/mol. The molecule has 20 heavy (non-hydrogen) atoms. The molecule has 0 N–H and O–H groups in total. The van der Waals surface area contributed by atoms with Crippen LogP contribution in [0.5, 0.6) is 0 Å². The van der Waals surface area contributed by atoms with Crippen LogP contribution in [0.3, 0.4) is 0 Å². The Bertz CT molecular complexity index is 521. The first-order valence-electron chi connectivity index (χ1n) is 6.58. The highest BCUT2D eigenvalue weighted by Gasteiger charge is 2.38. The third-order valence-corrected chi connectivity index (χ3v) is 4.09. The minimum absolute atomic E-state index is 0.169. The molecule has 0 aliphatic carbocycles. The van der Waals surface area contributed by atoms with Crippen molar-refractivity contribution in [2.45, 2.75) is 45.1 Å². The molecule has 0 bridgehead atoms. The van der Waals surface area contributed by atoms with Gasteiger partial charge in [-0.05, 0) is 24.4 Å². The van der Waals surface area contributed by atoms with Gasteiger partial charge in [0.1, 0.15) is 10.9 Å². The molecule has 1 aromatic heterocycles. The Kier molecular flexibility index (Phi) is 4.08. The SMILES string of the molecule is COC(=O)C1CCCN1C(=O)c1snnc1C(C)(C)C. The lowest BCUT2D eigenvalue weighted by molar-refractivity contribution is -0.145. The maximum absolute atomic E-state index is 12.7. The van der Waals surface area contributed by atoms with Crippen molar-refractivity contribution in [2.75, 3.05) is 13.7 Å². The second kappa shape index (κ2) is 5.47. The number of aromatic nitrogens is 2. The van der Waals surface area contributed by atoms with Gasteiger partial charge in [0, 0.05) is 12.0 Å². The number of amides is 1. The Morgan fingerprint density at radius 2 is 2.10 bits per heavy atom. The largest absolute Gasteiger partial charge is 0.467 e. The van der Waals surface area contributed by atoms with Crippen LogP contribution < -0.4 is 0 Å². The van der Waals surface area contributed by atoms with Gasteiger partial charge in [0.15, 0.2) is 0 Å². The molecule has 1 aromatic rings. The van der Waals surface area contributed by atoms with Crippen LogP contribution in [0.1, 0.15) is 49.0 Å². The van der Waals surface area contributed by atoms with Crippen LogP contribution >= 0.6 is 11.5 Å². The number of ether oxygens (including phenoxy) is 1. The van der Waals surface area contributed by atoms with E-state index >= 15 is 0 Å². The van der Waals surface area contributed by atoms with Crippen LogP contribution in [-0.4, -0.2) is 46.1 Å². The number of likely N-dealkylation sites (tertiary alicyclic amines) is 1. The fourth-order valence-electron chi connectivity index (χ4n) is 2.34. The lowest BCUT2D eigenvalue weighted by Gasteiger charge is -2.23. The van der Waals surface area contributed by atoms with Crippen LogP contribution in [0.25, 0.3) is 0 Å². The molecule has 6 nitrogen and oxygen atoms in total. The summed E-state index contributed by atoms with van der Waals surface area (Å²) in [4.78, 5) is 26.5. The van der Waals surface area contributed by atoms with Crippen molar-refractivity contribution in [1.29, 1.82) is 0 Å². The standard InChI is InChI=1S/C13H19N3O3S/c1-13(2,3)10-9(20-15-14-10)11(17)16-7-5-6-8(16)12(18)19-4/h8H,5-7H2,1-4H3. The lowest BCUT2D eigenvalue weighted by Crippen LogP contribution is -2.41. The van der Waals surface area contributed by atoms with Gasteiger partial charge < -0.3 is 9.64 Å². The van der Waals surface area contributed by atoms with Crippen LogP contribution in [0.15, 0.2) is 0 Å². The minimum atomic E-state index is -0.484. The molecule has 2 heterocycles. The summed E-state index contributed by atoms with van der Waals surface area (Å²) in [6.07, 6.45) is 1.46. The Hall–Kier alpha value is -1.50. The summed E-state index contributed by atoms with van der Waals surface area (Å²) in [5.74, 6) is -0.525. The van der Waals surface area contributed by atoms with Gasteiger partial charge in [-0.1, -0.05) is 25.3 Å². The number of nitrogens with zero attached hydrogens (tertiary/aromatic N) is 3. The van der Waals surface area contributed by atoms with E-state index < -0.39 is 6.04 Å². The van der Waals surface area contributed by atoms with Crippen molar-refractivity contribution in [3.05, 3.63) is 10.6 Å². The maximum Gasteiger partial charge on any atom is 0.328 e. The summed E-state index contributed by atoms with van der Waals surface area (Å²) >= 11 is 1.09. The summed E-state index contributed by atoms with van der Waals surface area (Å²) in [7, 11) is 1.35. The molecule has 1 amide bonds. The second-order valence-electron chi connectivity index (χ2n) is 5.88. The zero-order valence-electron chi connectivity index (χ0n) is 12.2. The lowest BCUT2D eigenvalue weighted by atomic mass is 9.91. The van der Waals surface area contributed by atoms with Gasteiger partial charge in [0.25, 0.3) is 5.91 Å². The third kappa shape index (κ3) is 2.67. The monoisotopic (exact) mass is 297 g/mol. The van der Waals surface area contributed by atoms with Crippen molar-refractivity contribution in [2.24, 2.45) is 0 Å². The summed E-state index contributed by atoms with van der Waals surface area (Å²) in [6.45, 7) is 6.53. The first-order valence-corrected chi connectivity index (χ1v) is 7.35. The number of rotatable bonds is 2. The third-order valence-electron chi connectivity index (χ3n) is 3.38. The molecule has 1 saturated heterocycles. The van der Waals surface area contributed by atoms with Crippen molar-refractivity contribution in [1.82, 2.24) is 14.5 Å². The van der Waals surface area contributed by atoms with Gasteiger partial charge in [0.05, 0.1) is 12.8 Å². The number of carbonyl (C=O) groups is 2. The highest BCUT2D eigenvalue weighted by Crippen LogP contribution is 2.29. The topological polar surface area (TPSA) is 72.4 Å². The Morgan fingerprint density at radius 1 is 1.40 bits per heavy atom. The number of esters is 1. The molecular weight excluding hydrogens is 278 g/mol. The number of carbonyl (C=O) groups excluding carboxylic acids is 2. The van der Waals surface area contributed by atoms with E-state index in [9.17, 15) is 9.59 Å². The Morgan fingerprint density at radius 3 is 2.70 bits per heavy atom. The van der Waals surface area contributed by atoms with Crippen LogP contribution in [-0.2, 0) is 14.9 Å². The van der Waals surface area contributed by atoms with Gasteiger partial charge in [-0.3, -0.25) is 4.79 Å². The molecular formula is C13H19N3O3S. The van der Waals surface area contributed by atoms with E-state index in [2.05, 4.69) is 9.59 Å². The highest BCUT2D eigenvalue weighted by atomic mass is 32.1. The van der Waals surface area contributed by atoms with Gasteiger partial charge in [-0.2, -0.15) is 0 Å². The van der Waals surface area contributed by atoms with Crippen molar-refractivity contribution in [3.63, 3.8) is 0 Å². The van der Waals surface area contributed by atoms with Gasteiger partial charge >= 0.3 is 5.97 Å². The number of methoxy groups -OCH3 is 1. The van der Waals surface area contributed by atoms with Crippen molar-refractivity contribution < 1.29 is 14.3 Å². The fourth-order valence-corrected chi connectivity index (χ4v) is 3.18. The zero-order chi connectivity index (χ0) is 14.9. The Balaban J connectivity index is 2.28. The molecule has 7 heteroatoms. The van der Waals surface area contributed by atoms with Crippen molar-refractivity contribution >= 4 is 23.4 Å². The van der Waals surface area contributed by atoms with Crippen LogP contribution in [0.4, 0.5) is 0 Å². The molecule has 0 radical (unpaired) electrons. The predicted octanol–water partition coefficient (Wildman–Crippen LogP) is 1.61. The summed E-state index contributed by atoms with van der Waals surface area (Å²) in [6, 6.07) is -0.484. The summed E-state index contributed by atoms with van der Waals surface area (Å²) in [5.41, 5.74) is 0.432. The second-order valence-corrected chi connectivity index (χ2v) is 6.63. The molecule has 1 fully saturated rings. The van der Waals surface area contributed by atoms with Crippen LogP contribution in [0.2, 0.25) is 0 Å². The molecule has 0 saturated carbocycles. The quantitative estimate of drug-likeness (QED) is 0.776. The smallest absolute Gasteiger partial charge is 0.328 e. The van der Waals surface area contributed by atoms with Gasteiger partial charge in [0.2, 0.25) is 0 Å². The average Bonchev–Trinajstić information content (AvgIpc) is 3.04. The summed E-state index contributed by atoms with van der Waals surface area (Å²) in [5, 5.41) is 4.07. The summed E-state index contributed by atoms with van der Waals surface area (Å²) < 4.78 is 8.67. The Labute approximate surface area is 122 Å².